The number of carbonyl (C=O) groups excluding carboxylic acids is 2. The van der Waals surface area contributed by atoms with Crippen molar-refractivity contribution in [3.63, 3.8) is 0 Å². The van der Waals surface area contributed by atoms with Gasteiger partial charge in [0, 0.05) is 13.0 Å². The number of carboxylic acids is 1. The van der Waals surface area contributed by atoms with Crippen LogP contribution in [0.15, 0.2) is 66.7 Å². The van der Waals surface area contributed by atoms with Crippen molar-refractivity contribution in [3.8, 4) is 16.9 Å². The average Bonchev–Trinajstić information content (AvgIpc) is 3.20. The average molecular weight is 475 g/mol. The van der Waals surface area contributed by atoms with Crippen LogP contribution in [-0.4, -0.2) is 54.8 Å². The molecule has 35 heavy (non-hydrogen) atoms. The van der Waals surface area contributed by atoms with Gasteiger partial charge in [0.1, 0.15) is 18.4 Å². The van der Waals surface area contributed by atoms with E-state index in [4.69, 9.17) is 9.47 Å². The number of nitrogens with zero attached hydrogens (tertiary/aromatic N) is 1. The molecule has 4 rings (SSSR count). The van der Waals surface area contributed by atoms with Gasteiger partial charge in [-0.05, 0) is 47.4 Å². The molecule has 1 aliphatic rings. The molecule has 8 heteroatoms. The zero-order chi connectivity index (χ0) is 25.1. The third-order valence-electron chi connectivity index (χ3n) is 6.30. The molecule has 0 bridgehead atoms. The first-order chi connectivity index (χ1) is 16.8. The van der Waals surface area contributed by atoms with E-state index < -0.39 is 24.0 Å². The minimum absolute atomic E-state index is 0.0912. The van der Waals surface area contributed by atoms with Crippen molar-refractivity contribution in [3.05, 3.63) is 83.4 Å². The highest BCUT2D eigenvalue weighted by Crippen LogP contribution is 2.44. The van der Waals surface area contributed by atoms with Crippen LogP contribution in [-0.2, 0) is 9.53 Å². The molecule has 180 valence electrons. The molecule has 0 aromatic heterocycles. The Bertz CT molecular complexity index is 1240. The molecule has 1 aliphatic carbocycles. The van der Waals surface area contributed by atoms with Crippen molar-refractivity contribution in [2.24, 2.45) is 0 Å². The number of aliphatic carboxylic acids is 1. The SMILES string of the molecule is COc1ccc(NC(=O)OCC2c3ccccc3-c3ccccc32)c(C(=O)N(C)[C@@H](C)C(=O)O)c1. The second-order valence-electron chi connectivity index (χ2n) is 8.29. The van der Waals surface area contributed by atoms with Crippen LogP contribution in [0.3, 0.4) is 0 Å². The van der Waals surface area contributed by atoms with Gasteiger partial charge in [-0.15, -0.1) is 0 Å². The quantitative estimate of drug-likeness (QED) is 0.519. The fraction of sp³-hybridized carbons (Fsp3) is 0.222. The Morgan fingerprint density at radius 3 is 2.17 bits per heavy atom. The summed E-state index contributed by atoms with van der Waals surface area (Å²) in [6, 6.07) is 19.6. The highest BCUT2D eigenvalue weighted by atomic mass is 16.5. The van der Waals surface area contributed by atoms with Crippen molar-refractivity contribution in [1.82, 2.24) is 4.90 Å². The van der Waals surface area contributed by atoms with Gasteiger partial charge in [-0.25, -0.2) is 9.59 Å². The maximum Gasteiger partial charge on any atom is 0.411 e. The summed E-state index contributed by atoms with van der Waals surface area (Å²) in [5.74, 6) is -1.43. The highest BCUT2D eigenvalue weighted by Gasteiger charge is 2.30. The largest absolute Gasteiger partial charge is 0.497 e. The second-order valence-corrected chi connectivity index (χ2v) is 8.29. The van der Waals surface area contributed by atoms with Gasteiger partial charge in [0.15, 0.2) is 0 Å². The molecule has 0 radical (unpaired) electrons. The molecule has 8 nitrogen and oxygen atoms in total. The highest BCUT2D eigenvalue weighted by molar-refractivity contribution is 6.04. The lowest BCUT2D eigenvalue weighted by atomic mass is 9.98. The van der Waals surface area contributed by atoms with Crippen molar-refractivity contribution in [1.29, 1.82) is 0 Å². The van der Waals surface area contributed by atoms with Gasteiger partial charge in [-0.1, -0.05) is 48.5 Å². The fourth-order valence-corrected chi connectivity index (χ4v) is 4.21. The van der Waals surface area contributed by atoms with Gasteiger partial charge in [0.05, 0.1) is 18.4 Å². The summed E-state index contributed by atoms with van der Waals surface area (Å²) in [6.07, 6.45) is -0.722. The molecule has 3 aromatic carbocycles. The minimum Gasteiger partial charge on any atom is -0.497 e. The van der Waals surface area contributed by atoms with Crippen LogP contribution in [0.5, 0.6) is 5.75 Å². The van der Waals surface area contributed by atoms with E-state index in [1.165, 1.54) is 33.2 Å². The molecule has 3 aromatic rings. The first kappa shape index (κ1) is 23.8. The number of nitrogens with one attached hydrogen (secondary N) is 1. The zero-order valence-electron chi connectivity index (χ0n) is 19.6. The second kappa shape index (κ2) is 9.89. The fourth-order valence-electron chi connectivity index (χ4n) is 4.21. The standard InChI is InChI=1S/C27H26N2O6/c1-16(26(31)32)29(2)25(30)22-14-17(34-3)12-13-24(22)28-27(33)35-15-23-20-10-6-4-8-18(20)19-9-5-7-11-21(19)23/h4-14,16,23H,15H2,1-3H3,(H,28,33)(H,31,32)/t16-/m0/s1. The molecule has 1 atom stereocenters. The van der Waals surface area contributed by atoms with Gasteiger partial charge >= 0.3 is 12.1 Å². The minimum atomic E-state index is -1.14. The van der Waals surface area contributed by atoms with Gasteiger partial charge in [0.2, 0.25) is 0 Å². The van der Waals surface area contributed by atoms with Gasteiger partial charge in [0.25, 0.3) is 5.91 Å². The number of fused-ring (bicyclic) bond motifs is 3. The van der Waals surface area contributed by atoms with Crippen LogP contribution in [0.25, 0.3) is 11.1 Å². The number of rotatable bonds is 7. The molecular weight excluding hydrogens is 448 g/mol. The number of methoxy groups -OCH3 is 1. The number of hydrogen-bond donors (Lipinski definition) is 2. The predicted octanol–water partition coefficient (Wildman–Crippen LogP) is 4.60. The summed E-state index contributed by atoms with van der Waals surface area (Å²) in [7, 11) is 2.84. The van der Waals surface area contributed by atoms with Crippen LogP contribution in [0.2, 0.25) is 0 Å². The van der Waals surface area contributed by atoms with E-state index in [1.807, 2.05) is 36.4 Å². The zero-order valence-corrected chi connectivity index (χ0v) is 19.6. The molecule has 0 aliphatic heterocycles. The van der Waals surface area contributed by atoms with Gasteiger partial charge in [-0.2, -0.15) is 0 Å². The summed E-state index contributed by atoms with van der Waals surface area (Å²) >= 11 is 0. The first-order valence-electron chi connectivity index (χ1n) is 11.1. The Kier molecular flexibility index (Phi) is 6.73. The van der Waals surface area contributed by atoms with E-state index in [-0.39, 0.29) is 23.8 Å². The number of hydrogen-bond acceptors (Lipinski definition) is 5. The van der Waals surface area contributed by atoms with Crippen molar-refractivity contribution >= 4 is 23.7 Å². The Labute approximate surface area is 203 Å². The van der Waals surface area contributed by atoms with E-state index >= 15 is 0 Å². The van der Waals surface area contributed by atoms with E-state index in [2.05, 4.69) is 17.4 Å². The van der Waals surface area contributed by atoms with E-state index in [0.29, 0.717) is 5.75 Å². The third-order valence-corrected chi connectivity index (χ3v) is 6.30. The van der Waals surface area contributed by atoms with Crippen LogP contribution in [0.4, 0.5) is 10.5 Å². The molecule has 0 heterocycles. The number of ether oxygens (including phenoxy) is 2. The normalized spacial score (nSPS) is 12.8. The summed E-state index contributed by atoms with van der Waals surface area (Å²) in [5, 5.41) is 11.9. The Morgan fingerprint density at radius 2 is 1.60 bits per heavy atom. The van der Waals surface area contributed by atoms with Crippen LogP contribution < -0.4 is 10.1 Å². The third kappa shape index (κ3) is 4.68. The van der Waals surface area contributed by atoms with Gasteiger partial charge < -0.3 is 19.5 Å². The monoisotopic (exact) mass is 474 g/mol. The van der Waals surface area contributed by atoms with Crippen LogP contribution >= 0.6 is 0 Å². The number of likely N-dealkylation sites (N-methyl/N-ethyl adjacent to an activating group) is 1. The maximum atomic E-state index is 13.0. The Hall–Kier alpha value is -4.33. The van der Waals surface area contributed by atoms with Crippen LogP contribution in [0.1, 0.15) is 34.3 Å². The number of amides is 2. The smallest absolute Gasteiger partial charge is 0.411 e. The molecule has 0 spiro atoms. The molecule has 0 unspecified atom stereocenters. The Balaban J connectivity index is 1.52. The summed E-state index contributed by atoms with van der Waals surface area (Å²) < 4.78 is 10.8. The van der Waals surface area contributed by atoms with E-state index in [1.54, 1.807) is 6.07 Å². The number of benzene rings is 3. The van der Waals surface area contributed by atoms with Gasteiger partial charge in [-0.3, -0.25) is 10.1 Å². The van der Waals surface area contributed by atoms with Crippen molar-refractivity contribution in [2.45, 2.75) is 18.9 Å². The molecular formula is C27H26N2O6. The number of anilines is 1. The molecule has 0 fully saturated rings. The number of carboxylic acid groups (broad SMARTS) is 1. The molecule has 0 saturated carbocycles. The van der Waals surface area contributed by atoms with Crippen molar-refractivity contribution < 1.29 is 29.0 Å². The van der Waals surface area contributed by atoms with E-state index in [0.717, 1.165) is 27.2 Å². The van der Waals surface area contributed by atoms with Crippen LogP contribution in [0, 0.1) is 0 Å². The van der Waals surface area contributed by atoms with E-state index in [9.17, 15) is 19.5 Å². The number of carbonyl (C=O) groups is 3. The molecule has 2 amide bonds. The molecule has 2 N–H and O–H groups in total. The first-order valence-corrected chi connectivity index (χ1v) is 11.1. The lowest BCUT2D eigenvalue weighted by molar-refractivity contribution is -0.141. The predicted molar refractivity (Wildman–Crippen MR) is 131 cm³/mol. The van der Waals surface area contributed by atoms with Crippen molar-refractivity contribution in [2.75, 3.05) is 26.1 Å². The molecule has 0 saturated heterocycles. The Morgan fingerprint density at radius 1 is 1.00 bits per heavy atom. The topological polar surface area (TPSA) is 105 Å². The summed E-state index contributed by atoms with van der Waals surface area (Å²) in [6.45, 7) is 1.52. The lowest BCUT2D eigenvalue weighted by Crippen LogP contribution is -2.40. The maximum absolute atomic E-state index is 13.0. The lowest BCUT2D eigenvalue weighted by Gasteiger charge is -2.23. The summed E-state index contributed by atoms with van der Waals surface area (Å²) in [4.78, 5) is 38.2. The summed E-state index contributed by atoms with van der Waals surface area (Å²) in [5.41, 5.74) is 4.70.